The maximum Gasteiger partial charge on any atom is 0.241 e. The van der Waals surface area contributed by atoms with Gasteiger partial charge < -0.3 is 19.1 Å². The summed E-state index contributed by atoms with van der Waals surface area (Å²) in [4.78, 5) is 17.8. The molecule has 39 heavy (non-hydrogen) atoms. The molecule has 0 saturated carbocycles. The van der Waals surface area contributed by atoms with E-state index in [4.69, 9.17) is 14.2 Å². The number of carbonyl (C=O) groups is 1. The van der Waals surface area contributed by atoms with Crippen LogP contribution >= 0.6 is 0 Å². The smallest absolute Gasteiger partial charge is 0.241 e. The molecule has 2 heterocycles. The fourth-order valence-electron chi connectivity index (χ4n) is 4.81. The molecule has 0 aromatic heterocycles. The highest BCUT2D eigenvalue weighted by Crippen LogP contribution is 2.33. The Morgan fingerprint density at radius 1 is 0.923 bits per heavy atom. The fraction of sp³-hybridized carbons (Fsp3) is 0.345. The lowest BCUT2D eigenvalue weighted by Crippen LogP contribution is -2.55. The van der Waals surface area contributed by atoms with Crippen molar-refractivity contribution < 1.29 is 27.4 Å². The monoisotopic (exact) mass is 551 g/mol. The molecule has 3 aromatic rings. The van der Waals surface area contributed by atoms with Gasteiger partial charge in [-0.05, 0) is 60.9 Å². The molecule has 0 radical (unpaired) electrons. The van der Waals surface area contributed by atoms with E-state index in [1.54, 1.807) is 17.0 Å². The van der Waals surface area contributed by atoms with Crippen LogP contribution in [0.1, 0.15) is 18.1 Å². The third-order valence-corrected chi connectivity index (χ3v) is 8.34. The van der Waals surface area contributed by atoms with Gasteiger partial charge in [0.15, 0.2) is 11.5 Å². The number of carbonyl (C=O) groups excluding carboxylic acids is 1. The van der Waals surface area contributed by atoms with E-state index in [0.717, 1.165) is 29.2 Å². The third-order valence-electron chi connectivity index (χ3n) is 6.85. The van der Waals surface area contributed by atoms with Crippen LogP contribution in [0, 0.1) is 0 Å². The molecule has 1 amide bonds. The zero-order valence-electron chi connectivity index (χ0n) is 21.9. The minimum Gasteiger partial charge on any atom is -0.494 e. The number of nitrogens with one attached hydrogen (secondary N) is 1. The average Bonchev–Trinajstić information content (AvgIpc) is 3.42. The van der Waals surface area contributed by atoms with Gasteiger partial charge in [0.05, 0.1) is 11.5 Å². The molecule has 0 unspecified atom stereocenters. The molecule has 1 N–H and O–H groups in total. The summed E-state index contributed by atoms with van der Waals surface area (Å²) >= 11 is 0. The molecule has 5 rings (SSSR count). The SMILES string of the molecule is CCOc1ccc(S(=O)(=O)N[C@H](Cc2ccccc2)C(=O)N2CCN(Cc3ccc4c(c3)OCO4)CC2)cc1. The van der Waals surface area contributed by atoms with E-state index in [9.17, 15) is 13.2 Å². The van der Waals surface area contributed by atoms with Gasteiger partial charge in [-0.15, -0.1) is 0 Å². The molecular weight excluding hydrogens is 518 g/mol. The number of amides is 1. The molecule has 2 aliphatic rings. The first kappa shape index (κ1) is 27.0. The molecule has 0 aliphatic carbocycles. The number of nitrogens with zero attached hydrogens (tertiary/aromatic N) is 2. The normalized spacial score (nSPS) is 16.2. The number of sulfonamides is 1. The number of fused-ring (bicyclic) bond motifs is 1. The van der Waals surface area contributed by atoms with Gasteiger partial charge in [0.25, 0.3) is 0 Å². The lowest BCUT2D eigenvalue weighted by molar-refractivity contribution is -0.134. The topological polar surface area (TPSA) is 97.4 Å². The van der Waals surface area contributed by atoms with E-state index in [1.165, 1.54) is 12.1 Å². The summed E-state index contributed by atoms with van der Waals surface area (Å²) in [5, 5.41) is 0. The Bertz CT molecular complexity index is 1370. The summed E-state index contributed by atoms with van der Waals surface area (Å²) in [5.41, 5.74) is 2.00. The number of rotatable bonds is 10. The van der Waals surface area contributed by atoms with Crippen molar-refractivity contribution in [2.75, 3.05) is 39.6 Å². The number of piperazine rings is 1. The van der Waals surface area contributed by atoms with Crippen molar-refractivity contribution >= 4 is 15.9 Å². The zero-order valence-corrected chi connectivity index (χ0v) is 22.7. The molecule has 1 fully saturated rings. The van der Waals surface area contributed by atoms with Gasteiger partial charge in [0.2, 0.25) is 22.7 Å². The predicted octanol–water partition coefficient (Wildman–Crippen LogP) is 3.05. The van der Waals surface area contributed by atoms with Gasteiger partial charge >= 0.3 is 0 Å². The van der Waals surface area contributed by atoms with Crippen LogP contribution in [0.3, 0.4) is 0 Å². The molecular formula is C29H33N3O6S. The first-order valence-electron chi connectivity index (χ1n) is 13.1. The van der Waals surface area contributed by atoms with E-state index in [0.29, 0.717) is 38.5 Å². The maximum atomic E-state index is 13.7. The van der Waals surface area contributed by atoms with Crippen LogP contribution in [0.2, 0.25) is 0 Å². The van der Waals surface area contributed by atoms with E-state index >= 15 is 0 Å². The van der Waals surface area contributed by atoms with E-state index in [-0.39, 0.29) is 24.0 Å². The molecule has 0 bridgehead atoms. The van der Waals surface area contributed by atoms with E-state index < -0.39 is 16.1 Å². The van der Waals surface area contributed by atoms with Crippen LogP contribution in [0.4, 0.5) is 0 Å². The molecule has 9 nitrogen and oxygen atoms in total. The van der Waals surface area contributed by atoms with Crippen LogP contribution in [-0.4, -0.2) is 69.7 Å². The van der Waals surface area contributed by atoms with Crippen molar-refractivity contribution in [3.8, 4) is 17.2 Å². The van der Waals surface area contributed by atoms with Gasteiger partial charge in [0.1, 0.15) is 11.8 Å². The lowest BCUT2D eigenvalue weighted by atomic mass is 10.1. The average molecular weight is 552 g/mol. The molecule has 10 heteroatoms. The van der Waals surface area contributed by atoms with Gasteiger partial charge in [-0.1, -0.05) is 36.4 Å². The predicted molar refractivity (Wildman–Crippen MR) is 146 cm³/mol. The highest BCUT2D eigenvalue weighted by molar-refractivity contribution is 7.89. The second-order valence-corrected chi connectivity index (χ2v) is 11.3. The fourth-order valence-corrected chi connectivity index (χ4v) is 6.00. The summed E-state index contributed by atoms with van der Waals surface area (Å²) in [5.74, 6) is 1.87. The van der Waals surface area contributed by atoms with Crippen LogP contribution in [0.15, 0.2) is 77.7 Å². The second kappa shape index (κ2) is 12.1. The Kier molecular flexibility index (Phi) is 8.35. The van der Waals surface area contributed by atoms with Crippen LogP contribution in [0.25, 0.3) is 0 Å². The summed E-state index contributed by atoms with van der Waals surface area (Å²) in [6.07, 6.45) is 0.257. The Hall–Kier alpha value is -3.60. The first-order valence-corrected chi connectivity index (χ1v) is 14.6. The van der Waals surface area contributed by atoms with E-state index in [2.05, 4.69) is 9.62 Å². The number of hydrogen-bond donors (Lipinski definition) is 1. The van der Waals surface area contributed by atoms with Crippen LogP contribution < -0.4 is 18.9 Å². The second-order valence-electron chi connectivity index (χ2n) is 9.56. The Morgan fingerprint density at radius 3 is 2.36 bits per heavy atom. The molecule has 1 saturated heterocycles. The number of hydrogen-bond acceptors (Lipinski definition) is 7. The van der Waals surface area contributed by atoms with Crippen molar-refractivity contribution in [3.05, 3.63) is 83.9 Å². The van der Waals surface area contributed by atoms with Crippen LogP contribution in [-0.2, 0) is 27.8 Å². The number of benzene rings is 3. The first-order chi connectivity index (χ1) is 18.9. The van der Waals surface area contributed by atoms with Crippen molar-refractivity contribution in [1.29, 1.82) is 0 Å². The highest BCUT2D eigenvalue weighted by atomic mass is 32.2. The summed E-state index contributed by atoms with van der Waals surface area (Å²) in [7, 11) is -3.94. The minimum absolute atomic E-state index is 0.0883. The molecule has 3 aromatic carbocycles. The number of ether oxygens (including phenoxy) is 3. The van der Waals surface area contributed by atoms with Gasteiger partial charge in [-0.2, -0.15) is 4.72 Å². The lowest BCUT2D eigenvalue weighted by Gasteiger charge is -2.36. The van der Waals surface area contributed by atoms with Crippen molar-refractivity contribution in [1.82, 2.24) is 14.5 Å². The standard InChI is InChI=1S/C29H33N3O6S/c1-2-36-24-9-11-25(12-10-24)39(34,35)30-26(18-22-6-4-3-5-7-22)29(33)32-16-14-31(15-17-32)20-23-8-13-27-28(19-23)38-21-37-27/h3-13,19,26,30H,2,14-18,20-21H2,1H3/t26-/m1/s1. The third kappa shape index (κ3) is 6.70. The maximum absolute atomic E-state index is 13.7. The van der Waals surface area contributed by atoms with Crippen molar-refractivity contribution in [2.45, 2.75) is 30.8 Å². The van der Waals surface area contributed by atoms with Gasteiger partial charge in [0, 0.05) is 32.7 Å². The minimum atomic E-state index is -3.94. The van der Waals surface area contributed by atoms with Crippen LogP contribution in [0.5, 0.6) is 17.2 Å². The van der Waals surface area contributed by atoms with Gasteiger partial charge in [-0.3, -0.25) is 9.69 Å². The Balaban J connectivity index is 1.25. The molecule has 206 valence electrons. The highest BCUT2D eigenvalue weighted by Gasteiger charge is 2.31. The van der Waals surface area contributed by atoms with Gasteiger partial charge in [-0.25, -0.2) is 8.42 Å². The Morgan fingerprint density at radius 2 is 1.64 bits per heavy atom. The molecule has 0 spiro atoms. The Labute approximate surface area is 229 Å². The van der Waals surface area contributed by atoms with E-state index in [1.807, 2.05) is 55.5 Å². The van der Waals surface area contributed by atoms with Crippen molar-refractivity contribution in [3.63, 3.8) is 0 Å². The molecule has 1 atom stereocenters. The summed E-state index contributed by atoms with van der Waals surface area (Å²) in [6, 6.07) is 20.7. The van der Waals surface area contributed by atoms with Crippen molar-refractivity contribution in [2.24, 2.45) is 0 Å². The molecule has 2 aliphatic heterocycles. The summed E-state index contributed by atoms with van der Waals surface area (Å²) < 4.78 is 45.5. The quantitative estimate of drug-likeness (QED) is 0.414. The zero-order chi connectivity index (χ0) is 27.2. The summed E-state index contributed by atoms with van der Waals surface area (Å²) in [6.45, 7) is 5.72. The largest absolute Gasteiger partial charge is 0.494 e.